The Bertz CT molecular complexity index is 1110. The van der Waals surface area contributed by atoms with Crippen LogP contribution in [0.25, 0.3) is 16.7 Å². The first-order chi connectivity index (χ1) is 13.9. The third-order valence-corrected chi connectivity index (χ3v) is 5.72. The van der Waals surface area contributed by atoms with Gasteiger partial charge in [-0.25, -0.2) is 4.98 Å². The van der Waals surface area contributed by atoms with Gasteiger partial charge in [-0.3, -0.25) is 0 Å². The standard InChI is InChI=1S/C23H18F3NOS/c1-2-15-7-6-10-18(21(13-15)29-17-8-4-3-5-9-17)22-27-19-14-16(23(24,25)26)11-12-20(19)28-22/h3-15H,2H2,1H3. The summed E-state index contributed by atoms with van der Waals surface area (Å²) < 4.78 is 44.9. The van der Waals surface area contributed by atoms with Crippen LogP contribution in [-0.4, -0.2) is 4.98 Å². The van der Waals surface area contributed by atoms with Crippen LogP contribution in [0, 0.1) is 5.92 Å². The summed E-state index contributed by atoms with van der Waals surface area (Å²) in [6.45, 7) is 2.11. The van der Waals surface area contributed by atoms with Crippen molar-refractivity contribution >= 4 is 28.4 Å². The average molecular weight is 413 g/mol. The summed E-state index contributed by atoms with van der Waals surface area (Å²) in [5.74, 6) is 0.576. The fourth-order valence-electron chi connectivity index (χ4n) is 3.07. The number of thioether (sulfide) groups is 1. The maximum atomic E-state index is 13.0. The van der Waals surface area contributed by atoms with Gasteiger partial charge in [0, 0.05) is 9.80 Å². The molecule has 148 valence electrons. The zero-order valence-corrected chi connectivity index (χ0v) is 16.4. The van der Waals surface area contributed by atoms with Crippen LogP contribution in [0.1, 0.15) is 24.8 Å². The molecule has 1 atom stereocenters. The van der Waals surface area contributed by atoms with Crippen molar-refractivity contribution in [2.75, 3.05) is 0 Å². The molecule has 29 heavy (non-hydrogen) atoms. The van der Waals surface area contributed by atoms with Gasteiger partial charge in [-0.15, -0.1) is 0 Å². The zero-order valence-electron chi connectivity index (χ0n) is 15.6. The number of oxazole rings is 1. The van der Waals surface area contributed by atoms with E-state index in [2.05, 4.69) is 24.1 Å². The van der Waals surface area contributed by atoms with Crippen molar-refractivity contribution in [3.63, 3.8) is 0 Å². The van der Waals surface area contributed by atoms with E-state index in [0.29, 0.717) is 11.5 Å². The van der Waals surface area contributed by atoms with Crippen LogP contribution in [0.15, 0.2) is 87.1 Å². The van der Waals surface area contributed by atoms with Crippen LogP contribution in [0.2, 0.25) is 0 Å². The lowest BCUT2D eigenvalue weighted by molar-refractivity contribution is -0.137. The Hall–Kier alpha value is -2.73. The third kappa shape index (κ3) is 4.32. The Morgan fingerprint density at radius 3 is 2.62 bits per heavy atom. The summed E-state index contributed by atoms with van der Waals surface area (Å²) in [4.78, 5) is 6.41. The molecule has 0 saturated heterocycles. The molecule has 3 aromatic rings. The van der Waals surface area contributed by atoms with Gasteiger partial charge in [0.15, 0.2) is 5.58 Å². The van der Waals surface area contributed by atoms with Crippen molar-refractivity contribution in [3.8, 4) is 0 Å². The second-order valence-electron chi connectivity index (χ2n) is 6.68. The number of allylic oxidation sites excluding steroid dienone is 5. The monoisotopic (exact) mass is 413 g/mol. The number of rotatable bonds is 4. The molecule has 1 heterocycles. The largest absolute Gasteiger partial charge is 0.436 e. The molecule has 1 aromatic heterocycles. The van der Waals surface area contributed by atoms with Gasteiger partial charge in [-0.05, 0) is 48.7 Å². The molecule has 0 radical (unpaired) electrons. The summed E-state index contributed by atoms with van der Waals surface area (Å²) >= 11 is 1.59. The molecule has 0 aliphatic heterocycles. The van der Waals surface area contributed by atoms with Crippen molar-refractivity contribution in [1.82, 2.24) is 4.98 Å². The van der Waals surface area contributed by atoms with Crippen LogP contribution in [0.3, 0.4) is 0 Å². The molecule has 1 aliphatic carbocycles. The van der Waals surface area contributed by atoms with E-state index in [1.807, 2.05) is 42.5 Å². The minimum atomic E-state index is -4.42. The fourth-order valence-corrected chi connectivity index (χ4v) is 4.13. The summed E-state index contributed by atoms with van der Waals surface area (Å²) in [5.41, 5.74) is 0.550. The lowest BCUT2D eigenvalue weighted by atomic mass is 10.1. The van der Waals surface area contributed by atoms with Gasteiger partial charge in [0.25, 0.3) is 0 Å². The molecule has 4 rings (SSSR count). The van der Waals surface area contributed by atoms with Gasteiger partial charge < -0.3 is 4.42 Å². The molecule has 0 spiro atoms. The van der Waals surface area contributed by atoms with E-state index in [1.54, 1.807) is 11.8 Å². The van der Waals surface area contributed by atoms with Gasteiger partial charge >= 0.3 is 6.18 Å². The summed E-state index contributed by atoms with van der Waals surface area (Å²) in [6.07, 6.45) is 4.65. The Labute approximate surface area is 170 Å². The first kappa shape index (κ1) is 19.6. The first-order valence-corrected chi connectivity index (χ1v) is 10.1. The zero-order chi connectivity index (χ0) is 20.4. The number of hydrogen-bond acceptors (Lipinski definition) is 3. The lowest BCUT2D eigenvalue weighted by Gasteiger charge is -2.10. The van der Waals surface area contributed by atoms with Gasteiger partial charge in [0.05, 0.1) is 11.1 Å². The summed E-state index contributed by atoms with van der Waals surface area (Å²) in [5, 5.41) is 0. The molecule has 2 aromatic carbocycles. The highest BCUT2D eigenvalue weighted by atomic mass is 32.2. The average Bonchev–Trinajstić information content (AvgIpc) is 3.02. The smallest absolute Gasteiger partial charge is 0.416 e. The molecule has 0 bridgehead atoms. The van der Waals surface area contributed by atoms with Crippen molar-refractivity contribution in [2.24, 2.45) is 5.92 Å². The topological polar surface area (TPSA) is 26.0 Å². The number of fused-ring (bicyclic) bond motifs is 1. The highest BCUT2D eigenvalue weighted by molar-refractivity contribution is 8.03. The van der Waals surface area contributed by atoms with Crippen LogP contribution >= 0.6 is 11.8 Å². The molecule has 0 fully saturated rings. The van der Waals surface area contributed by atoms with Crippen molar-refractivity contribution in [2.45, 2.75) is 24.4 Å². The molecular formula is C23H18F3NOS. The Balaban J connectivity index is 1.76. The predicted octanol–water partition coefficient (Wildman–Crippen LogP) is 7.50. The number of nitrogens with zero attached hydrogens (tertiary/aromatic N) is 1. The van der Waals surface area contributed by atoms with E-state index < -0.39 is 11.7 Å². The quantitative estimate of drug-likeness (QED) is 0.443. The molecule has 0 saturated carbocycles. The second kappa shape index (κ2) is 7.95. The van der Waals surface area contributed by atoms with E-state index in [9.17, 15) is 13.2 Å². The lowest BCUT2D eigenvalue weighted by Crippen LogP contribution is -2.03. The van der Waals surface area contributed by atoms with Gasteiger partial charge in [0.1, 0.15) is 5.52 Å². The number of alkyl halides is 3. The summed E-state index contributed by atoms with van der Waals surface area (Å²) in [7, 11) is 0. The number of halogens is 3. The minimum absolute atomic E-state index is 0.194. The van der Waals surface area contributed by atoms with Crippen molar-refractivity contribution in [3.05, 3.63) is 89.2 Å². The maximum Gasteiger partial charge on any atom is 0.416 e. The first-order valence-electron chi connectivity index (χ1n) is 9.26. The van der Waals surface area contributed by atoms with Crippen molar-refractivity contribution < 1.29 is 17.6 Å². The Morgan fingerprint density at radius 1 is 1.10 bits per heavy atom. The van der Waals surface area contributed by atoms with Crippen LogP contribution in [0.5, 0.6) is 0 Å². The normalized spacial score (nSPS) is 17.2. The van der Waals surface area contributed by atoms with Crippen LogP contribution in [-0.2, 0) is 6.18 Å². The summed E-state index contributed by atoms with van der Waals surface area (Å²) in [6, 6.07) is 13.3. The van der Waals surface area contributed by atoms with Gasteiger partial charge in [-0.1, -0.05) is 55.1 Å². The highest BCUT2D eigenvalue weighted by Gasteiger charge is 2.31. The van der Waals surface area contributed by atoms with E-state index in [1.165, 1.54) is 6.07 Å². The van der Waals surface area contributed by atoms with Crippen molar-refractivity contribution in [1.29, 1.82) is 0 Å². The van der Waals surface area contributed by atoms with Gasteiger partial charge in [0.2, 0.25) is 5.89 Å². The molecule has 6 heteroatoms. The SMILES string of the molecule is CCC1C=CC=C(c2nc3cc(C(F)(F)F)ccc3o2)C(Sc2ccccc2)=C1. The van der Waals surface area contributed by atoms with E-state index in [4.69, 9.17) is 4.42 Å². The second-order valence-corrected chi connectivity index (χ2v) is 7.80. The van der Waals surface area contributed by atoms with Gasteiger partial charge in [-0.2, -0.15) is 13.2 Å². The van der Waals surface area contributed by atoms with Crippen LogP contribution < -0.4 is 0 Å². The third-order valence-electron chi connectivity index (χ3n) is 4.64. The Morgan fingerprint density at radius 2 is 1.90 bits per heavy atom. The van der Waals surface area contributed by atoms with E-state index >= 15 is 0 Å². The molecular weight excluding hydrogens is 395 g/mol. The fraction of sp³-hybridized carbons (Fsp3) is 0.174. The maximum absolute atomic E-state index is 13.0. The predicted molar refractivity (Wildman–Crippen MR) is 110 cm³/mol. The number of aromatic nitrogens is 1. The van der Waals surface area contributed by atoms with E-state index in [0.717, 1.165) is 33.9 Å². The molecule has 0 N–H and O–H groups in total. The molecule has 2 nitrogen and oxygen atoms in total. The number of hydrogen-bond donors (Lipinski definition) is 0. The number of benzene rings is 2. The molecule has 1 unspecified atom stereocenters. The Kier molecular flexibility index (Phi) is 5.37. The minimum Gasteiger partial charge on any atom is -0.436 e. The molecule has 0 amide bonds. The van der Waals surface area contributed by atoms with Crippen LogP contribution in [0.4, 0.5) is 13.2 Å². The van der Waals surface area contributed by atoms with E-state index in [-0.39, 0.29) is 11.4 Å². The molecule has 1 aliphatic rings. The highest BCUT2D eigenvalue weighted by Crippen LogP contribution is 2.40.